The van der Waals surface area contributed by atoms with E-state index in [1.807, 2.05) is 18.2 Å². The van der Waals surface area contributed by atoms with Crippen LogP contribution in [0.2, 0.25) is 10.0 Å². The van der Waals surface area contributed by atoms with E-state index in [-0.39, 0.29) is 16.9 Å². The number of benzene rings is 2. The number of nitrogens with zero attached hydrogens (tertiary/aromatic N) is 2. The number of ether oxygens (including phenoxy) is 1. The van der Waals surface area contributed by atoms with Crippen LogP contribution in [-0.2, 0) is 11.2 Å². The van der Waals surface area contributed by atoms with Crippen LogP contribution in [-0.4, -0.2) is 47.7 Å². The van der Waals surface area contributed by atoms with Gasteiger partial charge < -0.3 is 9.84 Å². The van der Waals surface area contributed by atoms with Gasteiger partial charge in [0.1, 0.15) is 11.6 Å². The SMILES string of the molecule is COc1ccc2ncc(Cl)c(CCCC3(CC(=O)O)CCN(CC#Cc4ccc(F)c(Cl)c4)CC3)c2c1. The number of fused-ring (bicyclic) bond motifs is 1. The summed E-state index contributed by atoms with van der Waals surface area (Å²) in [5.41, 5.74) is 2.29. The molecule has 1 aromatic heterocycles. The molecule has 37 heavy (non-hydrogen) atoms. The maximum atomic E-state index is 13.3. The molecule has 0 atom stereocenters. The largest absolute Gasteiger partial charge is 0.497 e. The number of likely N-dealkylation sites (tertiary alicyclic amines) is 1. The van der Waals surface area contributed by atoms with Crippen LogP contribution < -0.4 is 4.74 Å². The van der Waals surface area contributed by atoms with Gasteiger partial charge in [-0.15, -0.1) is 0 Å². The molecule has 0 amide bonds. The number of aryl methyl sites for hydroxylation is 1. The fraction of sp³-hybridized carbons (Fsp3) is 0.379. The highest BCUT2D eigenvalue weighted by atomic mass is 35.5. The molecule has 0 aliphatic carbocycles. The van der Waals surface area contributed by atoms with E-state index in [1.54, 1.807) is 19.4 Å². The average Bonchev–Trinajstić information content (AvgIpc) is 2.88. The van der Waals surface area contributed by atoms with Crippen molar-refractivity contribution in [1.29, 1.82) is 0 Å². The number of methoxy groups -OCH3 is 1. The lowest BCUT2D eigenvalue weighted by Crippen LogP contribution is -2.41. The van der Waals surface area contributed by atoms with Crippen molar-refractivity contribution >= 4 is 40.1 Å². The summed E-state index contributed by atoms with van der Waals surface area (Å²) in [5.74, 6) is 5.68. The lowest BCUT2D eigenvalue weighted by atomic mass is 9.72. The van der Waals surface area contributed by atoms with Gasteiger partial charge in [-0.3, -0.25) is 14.7 Å². The highest BCUT2D eigenvalue weighted by Crippen LogP contribution is 2.40. The number of aromatic nitrogens is 1. The molecule has 8 heteroatoms. The van der Waals surface area contributed by atoms with Crippen molar-refractivity contribution in [2.45, 2.75) is 38.5 Å². The smallest absolute Gasteiger partial charge is 0.303 e. The molecule has 0 unspecified atom stereocenters. The van der Waals surface area contributed by atoms with Crippen LogP contribution in [0.15, 0.2) is 42.6 Å². The van der Waals surface area contributed by atoms with Gasteiger partial charge >= 0.3 is 5.97 Å². The summed E-state index contributed by atoms with van der Waals surface area (Å²) >= 11 is 12.4. The molecular formula is C29H29Cl2FN2O3. The summed E-state index contributed by atoms with van der Waals surface area (Å²) in [4.78, 5) is 18.4. The Balaban J connectivity index is 1.38. The molecule has 4 rings (SSSR count). The Kier molecular flexibility index (Phi) is 8.91. The van der Waals surface area contributed by atoms with Crippen LogP contribution in [0.1, 0.15) is 43.2 Å². The van der Waals surface area contributed by atoms with Gasteiger partial charge in [0, 0.05) is 17.1 Å². The molecule has 0 radical (unpaired) electrons. The molecule has 1 fully saturated rings. The van der Waals surface area contributed by atoms with Gasteiger partial charge in [-0.05, 0) is 92.6 Å². The van der Waals surface area contributed by atoms with Crippen LogP contribution in [0.5, 0.6) is 5.75 Å². The van der Waals surface area contributed by atoms with Crippen molar-refractivity contribution in [1.82, 2.24) is 9.88 Å². The number of rotatable bonds is 8. The Morgan fingerprint density at radius 3 is 2.68 bits per heavy atom. The maximum Gasteiger partial charge on any atom is 0.303 e. The lowest BCUT2D eigenvalue weighted by Gasteiger charge is -2.40. The molecule has 1 aliphatic rings. The van der Waals surface area contributed by atoms with Gasteiger partial charge in [0.15, 0.2) is 0 Å². The van der Waals surface area contributed by atoms with Gasteiger partial charge in [-0.2, -0.15) is 0 Å². The monoisotopic (exact) mass is 542 g/mol. The second-order valence-corrected chi connectivity index (χ2v) is 10.4. The molecule has 1 saturated heterocycles. The Hall–Kier alpha value is -2.85. The normalized spacial score (nSPS) is 15.2. The summed E-state index contributed by atoms with van der Waals surface area (Å²) in [6.45, 7) is 2.13. The summed E-state index contributed by atoms with van der Waals surface area (Å²) in [5, 5.41) is 11.3. The van der Waals surface area contributed by atoms with E-state index < -0.39 is 11.8 Å². The fourth-order valence-corrected chi connectivity index (χ4v) is 5.50. The van der Waals surface area contributed by atoms with Crippen molar-refractivity contribution in [3.05, 3.63) is 69.6 Å². The summed E-state index contributed by atoms with van der Waals surface area (Å²) in [7, 11) is 1.63. The second-order valence-electron chi connectivity index (χ2n) is 9.60. The molecule has 0 spiro atoms. The zero-order valence-corrected chi connectivity index (χ0v) is 22.2. The minimum absolute atomic E-state index is 0.0587. The lowest BCUT2D eigenvalue weighted by molar-refractivity contribution is -0.140. The number of aliphatic carboxylic acids is 1. The zero-order valence-electron chi connectivity index (χ0n) is 20.7. The van der Waals surface area contributed by atoms with Crippen molar-refractivity contribution in [3.8, 4) is 17.6 Å². The van der Waals surface area contributed by atoms with E-state index >= 15 is 0 Å². The van der Waals surface area contributed by atoms with Gasteiger partial charge in [-0.1, -0.05) is 35.0 Å². The minimum Gasteiger partial charge on any atom is -0.497 e. The standard InChI is InChI=1S/C29H29Cl2FN2O3/c1-37-21-7-9-27-23(17-21)22(25(31)19-33-27)5-2-10-29(18-28(35)36)11-14-34(15-12-29)13-3-4-20-6-8-26(32)24(30)16-20/h6-9,16-17,19H,2,5,10-15,18H2,1H3,(H,35,36). The molecule has 2 heterocycles. The second kappa shape index (κ2) is 12.1. The third kappa shape index (κ3) is 6.93. The predicted octanol–water partition coefficient (Wildman–Crippen LogP) is 6.62. The molecule has 3 aromatic rings. The molecule has 194 valence electrons. The van der Waals surface area contributed by atoms with Crippen LogP contribution in [0.3, 0.4) is 0 Å². The van der Waals surface area contributed by atoms with Crippen molar-refractivity contribution in [3.63, 3.8) is 0 Å². The average molecular weight is 543 g/mol. The Morgan fingerprint density at radius 1 is 1.19 bits per heavy atom. The molecule has 5 nitrogen and oxygen atoms in total. The first-order valence-electron chi connectivity index (χ1n) is 12.3. The number of hydrogen-bond donors (Lipinski definition) is 1. The van der Waals surface area contributed by atoms with Gasteiger partial charge in [-0.25, -0.2) is 4.39 Å². The predicted molar refractivity (Wildman–Crippen MR) is 145 cm³/mol. The van der Waals surface area contributed by atoms with Gasteiger partial charge in [0.25, 0.3) is 0 Å². The van der Waals surface area contributed by atoms with Crippen molar-refractivity contribution in [2.75, 3.05) is 26.7 Å². The zero-order chi connectivity index (χ0) is 26.4. The van der Waals surface area contributed by atoms with E-state index in [0.29, 0.717) is 17.1 Å². The number of carboxylic acid groups (broad SMARTS) is 1. The first-order valence-corrected chi connectivity index (χ1v) is 13.0. The summed E-state index contributed by atoms with van der Waals surface area (Å²) in [6.07, 6.45) is 5.79. The maximum absolute atomic E-state index is 13.3. The highest BCUT2D eigenvalue weighted by Gasteiger charge is 2.36. The summed E-state index contributed by atoms with van der Waals surface area (Å²) < 4.78 is 18.7. The quantitative estimate of drug-likeness (QED) is 0.324. The number of hydrogen-bond acceptors (Lipinski definition) is 4. The third-order valence-corrected chi connectivity index (χ3v) is 7.78. The number of piperidine rings is 1. The molecule has 1 N–H and O–H groups in total. The topological polar surface area (TPSA) is 62.7 Å². The van der Waals surface area contributed by atoms with Gasteiger partial charge in [0.05, 0.1) is 35.6 Å². The highest BCUT2D eigenvalue weighted by molar-refractivity contribution is 6.32. The van der Waals surface area contributed by atoms with E-state index in [9.17, 15) is 14.3 Å². The molecule has 1 aliphatic heterocycles. The minimum atomic E-state index is -0.765. The number of pyridine rings is 1. The van der Waals surface area contributed by atoms with Crippen LogP contribution in [0, 0.1) is 23.1 Å². The number of carboxylic acids is 1. The van der Waals surface area contributed by atoms with E-state index in [0.717, 1.165) is 67.4 Å². The summed E-state index contributed by atoms with van der Waals surface area (Å²) in [6, 6.07) is 10.2. The van der Waals surface area contributed by atoms with Crippen molar-refractivity contribution in [2.24, 2.45) is 5.41 Å². The first kappa shape index (κ1) is 27.2. The van der Waals surface area contributed by atoms with E-state index in [2.05, 4.69) is 21.7 Å². The Bertz CT molecular complexity index is 1340. The Morgan fingerprint density at radius 2 is 1.97 bits per heavy atom. The van der Waals surface area contributed by atoms with Crippen LogP contribution >= 0.6 is 23.2 Å². The van der Waals surface area contributed by atoms with Gasteiger partial charge in [0.2, 0.25) is 0 Å². The molecule has 0 bridgehead atoms. The number of carbonyl (C=O) groups is 1. The number of halogens is 3. The van der Waals surface area contributed by atoms with Crippen LogP contribution in [0.25, 0.3) is 10.9 Å². The third-order valence-electron chi connectivity index (χ3n) is 7.17. The molecule has 2 aromatic carbocycles. The van der Waals surface area contributed by atoms with E-state index in [4.69, 9.17) is 27.9 Å². The molecule has 0 saturated carbocycles. The fourth-order valence-electron chi connectivity index (χ4n) is 5.07. The Labute approximate surface area is 226 Å². The molecular weight excluding hydrogens is 514 g/mol. The van der Waals surface area contributed by atoms with Crippen LogP contribution in [0.4, 0.5) is 4.39 Å². The van der Waals surface area contributed by atoms with Crippen molar-refractivity contribution < 1.29 is 19.0 Å². The van der Waals surface area contributed by atoms with E-state index in [1.165, 1.54) is 12.1 Å². The first-order chi connectivity index (χ1) is 17.8.